The molecule has 0 unspecified atom stereocenters. The van der Waals surface area contributed by atoms with E-state index in [4.69, 9.17) is 42.6 Å². The Morgan fingerprint density at radius 2 is 1.60 bits per heavy atom. The monoisotopic (exact) mass is 899 g/mol. The van der Waals surface area contributed by atoms with Crippen LogP contribution in [0.1, 0.15) is 99.8 Å². The molecule has 3 fully saturated rings. The number of hydrogen-bond donors (Lipinski definition) is 3. The van der Waals surface area contributed by atoms with Gasteiger partial charge in [-0.1, -0.05) is 38.2 Å². The second-order valence-electron chi connectivity index (χ2n) is 18.6. The van der Waals surface area contributed by atoms with Crippen molar-refractivity contribution in [3.8, 4) is 0 Å². The third-order valence-electron chi connectivity index (χ3n) is 12.9. The van der Waals surface area contributed by atoms with E-state index >= 15 is 0 Å². The van der Waals surface area contributed by atoms with Crippen LogP contribution >= 0.6 is 0 Å². The van der Waals surface area contributed by atoms with Gasteiger partial charge >= 0.3 is 11.9 Å². The number of carbonyl (C=O) groups excluding carboxylic acids is 3. The maximum atomic E-state index is 13.5. The molecule has 17 heteroatoms. The number of aliphatic hydroxyl groups is 3. The van der Waals surface area contributed by atoms with Crippen molar-refractivity contribution in [2.75, 3.05) is 35.3 Å². The molecule has 0 saturated carbocycles. The van der Waals surface area contributed by atoms with Gasteiger partial charge in [-0.2, -0.15) is 0 Å². The van der Waals surface area contributed by atoms with Crippen molar-refractivity contribution in [3.05, 3.63) is 24.3 Å². The molecule has 3 saturated heterocycles. The first-order valence-electron chi connectivity index (χ1n) is 22.7. The van der Waals surface area contributed by atoms with E-state index in [1.165, 1.54) is 14.0 Å². The lowest BCUT2D eigenvalue weighted by Crippen LogP contribution is -2.65. The van der Waals surface area contributed by atoms with E-state index in [2.05, 4.69) is 4.90 Å². The summed E-state index contributed by atoms with van der Waals surface area (Å²) in [7, 11) is 9.04. The standard InChI is InChI=1S/C46H78N2O15/c1-13-35(50)60-34-24-36(51)56-27(3)17-15-14-16-18-33(61-37-20-19-32(47(8)9)28(4)57-37)26(2)23-31(21-22-49)42(43(34)55-12)63-45-40(52)39(48(10)11)41(29(5)59-45)62-38-25-46(7,54)44(53)30(6)58-38/h14-16,18,22,26-34,37-45,52-54H,13,17,19-21,23-25H2,1-12H3/b15-14-,18-16+/t26-,27-,28-,29-,30+,31+,32+,33+,34-,37+,38+,39-,40-,41-,42+,43+,44+,45+,46-/m1/s1. The third-order valence-corrected chi connectivity index (χ3v) is 12.9. The molecule has 0 radical (unpaired) electrons. The fourth-order valence-corrected chi connectivity index (χ4v) is 9.44. The van der Waals surface area contributed by atoms with Gasteiger partial charge in [0, 0.05) is 38.8 Å². The van der Waals surface area contributed by atoms with Gasteiger partial charge in [-0.05, 0) is 93.9 Å². The molecule has 0 bridgehead atoms. The number of rotatable bonds is 13. The number of allylic oxidation sites excluding steroid dienone is 2. The van der Waals surface area contributed by atoms with Crippen molar-refractivity contribution in [1.82, 2.24) is 9.80 Å². The summed E-state index contributed by atoms with van der Waals surface area (Å²) in [6.45, 7) is 12.4. The van der Waals surface area contributed by atoms with Crippen LogP contribution in [-0.4, -0.2) is 182 Å². The number of likely N-dealkylation sites (N-methyl/N-ethyl adjacent to an activating group) is 2. The second-order valence-corrected chi connectivity index (χ2v) is 18.6. The highest BCUT2D eigenvalue weighted by molar-refractivity contribution is 5.72. The van der Waals surface area contributed by atoms with Gasteiger partial charge in [0.2, 0.25) is 0 Å². The lowest BCUT2D eigenvalue weighted by molar-refractivity contribution is -0.344. The Hall–Kier alpha value is -2.39. The van der Waals surface area contributed by atoms with Gasteiger partial charge in [0.1, 0.15) is 42.9 Å². The summed E-state index contributed by atoms with van der Waals surface area (Å²) in [6, 6.07) is -0.510. The highest BCUT2D eigenvalue weighted by atomic mass is 16.7. The molecule has 0 aromatic heterocycles. The Kier molecular flexibility index (Phi) is 20.6. The zero-order valence-electron chi connectivity index (χ0n) is 39.6. The lowest BCUT2D eigenvalue weighted by Gasteiger charge is -2.50. The zero-order chi connectivity index (χ0) is 46.8. The van der Waals surface area contributed by atoms with Crippen LogP contribution < -0.4 is 0 Å². The first-order valence-corrected chi connectivity index (χ1v) is 22.7. The summed E-state index contributed by atoms with van der Waals surface area (Å²) >= 11 is 0. The predicted molar refractivity (Wildman–Crippen MR) is 231 cm³/mol. The van der Waals surface area contributed by atoms with Crippen molar-refractivity contribution in [2.24, 2.45) is 11.8 Å². The fourth-order valence-electron chi connectivity index (χ4n) is 9.44. The number of nitrogens with zero attached hydrogens (tertiary/aromatic N) is 2. The van der Waals surface area contributed by atoms with Gasteiger partial charge in [0.15, 0.2) is 18.9 Å². The van der Waals surface area contributed by atoms with Crippen LogP contribution in [0, 0.1) is 11.8 Å². The summed E-state index contributed by atoms with van der Waals surface area (Å²) in [5.74, 6) is -2.12. The summed E-state index contributed by atoms with van der Waals surface area (Å²) in [4.78, 5) is 43.2. The molecule has 3 N–H and O–H groups in total. The number of methoxy groups -OCH3 is 1. The summed E-state index contributed by atoms with van der Waals surface area (Å²) in [6.07, 6.45) is -1.76. The Labute approximate surface area is 374 Å². The number of ether oxygens (including phenoxy) is 9. The number of aldehydes is 1. The maximum Gasteiger partial charge on any atom is 0.309 e. The molecule has 0 aliphatic carbocycles. The fraction of sp³-hybridized carbons (Fsp3) is 0.848. The minimum absolute atomic E-state index is 0.0117. The lowest BCUT2D eigenvalue weighted by atomic mass is 9.82. The first-order chi connectivity index (χ1) is 29.7. The second kappa shape index (κ2) is 24.4. The number of esters is 2. The molecule has 0 aromatic rings. The SMILES string of the molecule is CCC(=O)O[C@@H]1CC(=O)O[C@H](C)C/C=C\C=C\[C@H](O[C@H]2CC[C@H](N(C)C)[C@@H](C)O2)[C@H](C)C[C@H](CC=O)[C@H](O[C@@H]2O[C@H](C)[C@@H](O[C@H]3C[C@@](C)(O)[C@@H](O)[C@H](C)O3)[C@H](N(C)C)[C@H]2O)[C@H]1OC. The minimum atomic E-state index is -1.49. The van der Waals surface area contributed by atoms with Crippen LogP contribution in [0.25, 0.3) is 0 Å². The largest absolute Gasteiger partial charge is 0.462 e. The van der Waals surface area contributed by atoms with Crippen molar-refractivity contribution in [1.29, 1.82) is 0 Å². The van der Waals surface area contributed by atoms with E-state index < -0.39 is 109 Å². The van der Waals surface area contributed by atoms with E-state index in [1.54, 1.807) is 46.7 Å². The number of cyclic esters (lactones) is 1. The Bertz CT molecular complexity index is 1490. The summed E-state index contributed by atoms with van der Waals surface area (Å²) in [5, 5.41) is 33.7. The highest BCUT2D eigenvalue weighted by Crippen LogP contribution is 2.38. The van der Waals surface area contributed by atoms with Gasteiger partial charge in [-0.15, -0.1) is 0 Å². The van der Waals surface area contributed by atoms with E-state index in [-0.39, 0.29) is 43.7 Å². The quantitative estimate of drug-likeness (QED) is 0.180. The van der Waals surface area contributed by atoms with Gasteiger partial charge in [-0.3, -0.25) is 9.59 Å². The molecule has 4 rings (SSSR count). The van der Waals surface area contributed by atoms with E-state index in [0.29, 0.717) is 19.3 Å². The molecule has 63 heavy (non-hydrogen) atoms. The van der Waals surface area contributed by atoms with Gasteiger partial charge in [0.05, 0.1) is 48.6 Å². The average molecular weight is 899 g/mol. The molecular weight excluding hydrogens is 821 g/mol. The van der Waals surface area contributed by atoms with Gasteiger partial charge < -0.3 is 72.5 Å². The Morgan fingerprint density at radius 3 is 2.21 bits per heavy atom. The van der Waals surface area contributed by atoms with Crippen LogP contribution in [0.5, 0.6) is 0 Å². The van der Waals surface area contributed by atoms with Crippen LogP contribution in [0.15, 0.2) is 24.3 Å². The molecule has 4 aliphatic heterocycles. The summed E-state index contributed by atoms with van der Waals surface area (Å²) < 4.78 is 56.7. The Morgan fingerprint density at radius 1 is 0.905 bits per heavy atom. The third kappa shape index (κ3) is 14.5. The minimum Gasteiger partial charge on any atom is -0.462 e. The molecule has 0 amide bonds. The Balaban J connectivity index is 1.74. The average Bonchev–Trinajstić information content (AvgIpc) is 3.19. The number of hydrogen-bond acceptors (Lipinski definition) is 17. The topological polar surface area (TPSA) is 201 Å². The molecule has 4 aliphatic rings. The van der Waals surface area contributed by atoms with Gasteiger partial charge in [-0.25, -0.2) is 0 Å². The van der Waals surface area contributed by atoms with Crippen LogP contribution in [-0.2, 0) is 57.0 Å². The van der Waals surface area contributed by atoms with Crippen LogP contribution in [0.2, 0.25) is 0 Å². The van der Waals surface area contributed by atoms with Crippen molar-refractivity contribution in [3.63, 3.8) is 0 Å². The summed E-state index contributed by atoms with van der Waals surface area (Å²) in [5.41, 5.74) is -1.49. The van der Waals surface area contributed by atoms with Crippen molar-refractivity contribution >= 4 is 18.2 Å². The zero-order valence-corrected chi connectivity index (χ0v) is 39.6. The molecule has 4 heterocycles. The van der Waals surface area contributed by atoms with E-state index in [1.807, 2.05) is 52.2 Å². The first kappa shape index (κ1) is 53.2. The van der Waals surface area contributed by atoms with Crippen molar-refractivity contribution < 1.29 is 72.3 Å². The van der Waals surface area contributed by atoms with Gasteiger partial charge in [0.25, 0.3) is 0 Å². The number of aliphatic hydroxyl groups excluding tert-OH is 2. The molecule has 17 nitrogen and oxygen atoms in total. The molecule has 362 valence electrons. The normalized spacial score (nSPS) is 43.5. The van der Waals surface area contributed by atoms with Crippen LogP contribution in [0.3, 0.4) is 0 Å². The van der Waals surface area contributed by atoms with E-state index in [0.717, 1.165) is 12.7 Å². The molecule has 19 atom stereocenters. The molecular formula is C46H78N2O15. The van der Waals surface area contributed by atoms with E-state index in [9.17, 15) is 29.7 Å². The molecule has 0 aromatic carbocycles. The smallest absolute Gasteiger partial charge is 0.309 e. The number of carbonyl (C=O) groups is 3. The molecule has 0 spiro atoms. The highest BCUT2D eigenvalue weighted by Gasteiger charge is 2.52. The predicted octanol–water partition coefficient (Wildman–Crippen LogP) is 3.29. The van der Waals surface area contributed by atoms with Crippen LogP contribution in [0.4, 0.5) is 0 Å². The van der Waals surface area contributed by atoms with Crippen molar-refractivity contribution in [2.45, 2.75) is 204 Å². The maximum absolute atomic E-state index is 13.5.